The van der Waals surface area contributed by atoms with Gasteiger partial charge in [0.15, 0.2) is 0 Å². The molecular formula is C26H31NO. The van der Waals surface area contributed by atoms with Crippen molar-refractivity contribution in [2.24, 2.45) is 11.7 Å². The molecule has 4 rings (SSSR count). The fourth-order valence-corrected chi connectivity index (χ4v) is 5.00. The number of fused-ring (bicyclic) bond motifs is 2. The van der Waals surface area contributed by atoms with Gasteiger partial charge in [-0.25, -0.2) is 0 Å². The number of amides is 1. The first kappa shape index (κ1) is 19.0. The first-order valence-corrected chi connectivity index (χ1v) is 10.4. The summed E-state index contributed by atoms with van der Waals surface area (Å²) in [5, 5.41) is 0. The van der Waals surface area contributed by atoms with Crippen LogP contribution in [0.25, 0.3) is 11.6 Å². The second-order valence-electron chi connectivity index (χ2n) is 10.0. The van der Waals surface area contributed by atoms with Gasteiger partial charge in [-0.2, -0.15) is 0 Å². The van der Waals surface area contributed by atoms with Gasteiger partial charge in [0.05, 0.1) is 0 Å². The van der Waals surface area contributed by atoms with Crippen LogP contribution in [0, 0.1) is 5.92 Å². The molecule has 0 spiro atoms. The van der Waals surface area contributed by atoms with Crippen LogP contribution in [0.5, 0.6) is 0 Å². The van der Waals surface area contributed by atoms with Crippen molar-refractivity contribution in [2.75, 3.05) is 0 Å². The Morgan fingerprint density at radius 1 is 1.00 bits per heavy atom. The number of nitrogens with two attached hydrogens (primary N) is 1. The van der Waals surface area contributed by atoms with Crippen LogP contribution in [-0.2, 0) is 17.3 Å². The lowest BCUT2D eigenvalue weighted by molar-refractivity contribution is 0.1000. The minimum absolute atomic E-state index is 0.217. The molecule has 1 atom stereocenters. The molecule has 0 saturated heterocycles. The van der Waals surface area contributed by atoms with E-state index in [1.165, 1.54) is 46.2 Å². The molecule has 146 valence electrons. The quantitative estimate of drug-likeness (QED) is 0.703. The van der Waals surface area contributed by atoms with Crippen LogP contribution in [0.3, 0.4) is 0 Å². The van der Waals surface area contributed by atoms with Crippen molar-refractivity contribution in [1.82, 2.24) is 0 Å². The molecule has 0 saturated carbocycles. The Balaban J connectivity index is 1.78. The zero-order valence-corrected chi connectivity index (χ0v) is 17.7. The van der Waals surface area contributed by atoms with Crippen LogP contribution in [0.4, 0.5) is 0 Å². The second kappa shape index (κ2) is 6.34. The number of hydrogen-bond donors (Lipinski definition) is 1. The van der Waals surface area contributed by atoms with E-state index in [2.05, 4.69) is 65.0 Å². The molecule has 0 aromatic heterocycles. The van der Waals surface area contributed by atoms with Gasteiger partial charge in [-0.3, -0.25) is 4.79 Å². The van der Waals surface area contributed by atoms with Gasteiger partial charge in [0.2, 0.25) is 5.91 Å². The number of rotatable bonds is 2. The first-order chi connectivity index (χ1) is 13.1. The summed E-state index contributed by atoms with van der Waals surface area (Å²) < 4.78 is 0. The fraction of sp³-hybridized carbons (Fsp3) is 0.423. The Hall–Kier alpha value is -2.35. The SMILES string of the molecule is CC1Cc2cc(C(N)=O)ccc2C1=Cc1ccc2c(c1)C(C)(C)CCC2(C)C. The standard InChI is InChI=1S/C26H31NO/c1-16-12-19-15-18(24(27)28)7-8-20(19)21(16)13-17-6-9-22-23(14-17)26(4,5)11-10-25(22,2)3/h6-9,13-16H,10-12H2,1-5H3,(H2,27,28). The highest BCUT2D eigenvalue weighted by Gasteiger charge is 2.37. The van der Waals surface area contributed by atoms with Crippen LogP contribution in [0.1, 0.15) is 85.6 Å². The highest BCUT2D eigenvalue weighted by Crippen LogP contribution is 2.46. The minimum atomic E-state index is -0.354. The van der Waals surface area contributed by atoms with Gasteiger partial charge < -0.3 is 5.73 Å². The molecule has 1 unspecified atom stereocenters. The maximum Gasteiger partial charge on any atom is 0.248 e. The number of carbonyl (C=O) groups excluding carboxylic acids is 1. The molecule has 2 nitrogen and oxygen atoms in total. The monoisotopic (exact) mass is 373 g/mol. The van der Waals surface area contributed by atoms with Crippen LogP contribution >= 0.6 is 0 Å². The Kier molecular flexibility index (Phi) is 4.30. The van der Waals surface area contributed by atoms with Crippen molar-refractivity contribution in [3.8, 4) is 0 Å². The molecule has 0 fully saturated rings. The van der Waals surface area contributed by atoms with E-state index in [0.29, 0.717) is 11.5 Å². The van der Waals surface area contributed by atoms with Gasteiger partial charge in [-0.15, -0.1) is 0 Å². The summed E-state index contributed by atoms with van der Waals surface area (Å²) in [4.78, 5) is 11.5. The molecule has 2 heteroatoms. The average molecular weight is 374 g/mol. The summed E-state index contributed by atoms with van der Waals surface area (Å²) in [7, 11) is 0. The van der Waals surface area contributed by atoms with Gasteiger partial charge in [0.1, 0.15) is 0 Å². The van der Waals surface area contributed by atoms with Gasteiger partial charge in [0.25, 0.3) is 0 Å². The normalized spacial score (nSPS) is 23.3. The summed E-state index contributed by atoms with van der Waals surface area (Å²) in [5.41, 5.74) is 14.6. The summed E-state index contributed by atoms with van der Waals surface area (Å²) in [6.45, 7) is 11.7. The maximum atomic E-state index is 11.5. The van der Waals surface area contributed by atoms with Crippen molar-refractivity contribution in [3.05, 3.63) is 69.8 Å². The maximum absolute atomic E-state index is 11.5. The van der Waals surface area contributed by atoms with E-state index in [0.717, 1.165) is 6.42 Å². The summed E-state index contributed by atoms with van der Waals surface area (Å²) in [5.74, 6) is 0.0889. The van der Waals surface area contributed by atoms with Crippen molar-refractivity contribution in [2.45, 2.75) is 64.7 Å². The smallest absolute Gasteiger partial charge is 0.248 e. The lowest BCUT2D eigenvalue weighted by atomic mass is 9.63. The topological polar surface area (TPSA) is 43.1 Å². The molecule has 1 amide bonds. The third kappa shape index (κ3) is 3.09. The molecule has 2 aliphatic carbocycles. The zero-order valence-electron chi connectivity index (χ0n) is 17.7. The Morgan fingerprint density at radius 3 is 2.36 bits per heavy atom. The van der Waals surface area contributed by atoms with Crippen molar-refractivity contribution in [3.63, 3.8) is 0 Å². The molecule has 2 N–H and O–H groups in total. The van der Waals surface area contributed by atoms with E-state index in [9.17, 15) is 4.79 Å². The highest BCUT2D eigenvalue weighted by atomic mass is 16.1. The summed E-state index contributed by atoms with van der Waals surface area (Å²) in [6, 6.07) is 12.9. The summed E-state index contributed by atoms with van der Waals surface area (Å²) >= 11 is 0. The third-order valence-corrected chi connectivity index (χ3v) is 6.96. The number of carbonyl (C=O) groups is 1. The molecular weight excluding hydrogens is 342 g/mol. The molecule has 2 aromatic carbocycles. The van der Waals surface area contributed by atoms with Gasteiger partial charge >= 0.3 is 0 Å². The van der Waals surface area contributed by atoms with Crippen LogP contribution < -0.4 is 5.73 Å². The lowest BCUT2D eigenvalue weighted by Gasteiger charge is -2.42. The Labute approximate surface area is 168 Å². The predicted octanol–water partition coefficient (Wildman–Crippen LogP) is 5.87. The molecule has 28 heavy (non-hydrogen) atoms. The van der Waals surface area contributed by atoms with E-state index in [1.54, 1.807) is 0 Å². The zero-order chi connectivity index (χ0) is 20.3. The first-order valence-electron chi connectivity index (χ1n) is 10.4. The van der Waals surface area contributed by atoms with Crippen LogP contribution in [0.15, 0.2) is 36.4 Å². The number of hydrogen-bond acceptors (Lipinski definition) is 1. The number of primary amides is 1. The molecule has 0 aliphatic heterocycles. The van der Waals surface area contributed by atoms with Gasteiger partial charge in [-0.05, 0) is 81.5 Å². The minimum Gasteiger partial charge on any atom is -0.366 e. The van der Waals surface area contributed by atoms with Crippen molar-refractivity contribution < 1.29 is 4.79 Å². The highest BCUT2D eigenvalue weighted by molar-refractivity contribution is 5.95. The van der Waals surface area contributed by atoms with Crippen LogP contribution in [0.2, 0.25) is 0 Å². The largest absolute Gasteiger partial charge is 0.366 e. The Bertz CT molecular complexity index is 993. The second-order valence-corrected chi connectivity index (χ2v) is 10.0. The predicted molar refractivity (Wildman–Crippen MR) is 117 cm³/mol. The fourth-order valence-electron chi connectivity index (χ4n) is 5.00. The number of benzene rings is 2. The molecule has 2 aromatic rings. The Morgan fingerprint density at radius 2 is 1.68 bits per heavy atom. The summed E-state index contributed by atoms with van der Waals surface area (Å²) in [6.07, 6.45) is 5.77. The van der Waals surface area contributed by atoms with Crippen molar-refractivity contribution >= 4 is 17.6 Å². The average Bonchev–Trinajstić information content (AvgIpc) is 2.94. The molecule has 0 bridgehead atoms. The van der Waals surface area contributed by atoms with Gasteiger partial charge in [0, 0.05) is 5.56 Å². The van der Waals surface area contributed by atoms with E-state index in [4.69, 9.17) is 5.73 Å². The van der Waals surface area contributed by atoms with Crippen molar-refractivity contribution in [1.29, 1.82) is 0 Å². The van der Waals surface area contributed by atoms with Gasteiger partial charge in [-0.1, -0.05) is 65.0 Å². The molecule has 0 heterocycles. The molecule has 2 aliphatic rings. The number of allylic oxidation sites excluding steroid dienone is 1. The van der Waals surface area contributed by atoms with E-state index in [1.807, 2.05) is 12.1 Å². The van der Waals surface area contributed by atoms with Crippen LogP contribution in [-0.4, -0.2) is 5.91 Å². The lowest BCUT2D eigenvalue weighted by Crippen LogP contribution is -2.33. The third-order valence-electron chi connectivity index (χ3n) is 6.96. The molecule has 0 radical (unpaired) electrons. The van der Waals surface area contributed by atoms with E-state index in [-0.39, 0.29) is 16.7 Å². The van der Waals surface area contributed by atoms with E-state index >= 15 is 0 Å². The van der Waals surface area contributed by atoms with E-state index < -0.39 is 0 Å².